The Morgan fingerprint density at radius 1 is 1.27 bits per heavy atom. The lowest BCUT2D eigenvalue weighted by Gasteiger charge is -2.03. The lowest BCUT2D eigenvalue weighted by atomic mass is 10.1. The van der Waals surface area contributed by atoms with E-state index in [-0.39, 0.29) is 5.97 Å². The first-order valence-electron chi connectivity index (χ1n) is 4.70. The molecule has 0 unspecified atom stereocenters. The Kier molecular flexibility index (Phi) is 3.86. The highest BCUT2D eigenvalue weighted by Gasteiger charge is 1.98. The molecule has 2 heteroatoms. The van der Waals surface area contributed by atoms with Crippen molar-refractivity contribution >= 4 is 11.5 Å². The van der Waals surface area contributed by atoms with Gasteiger partial charge in [0.2, 0.25) is 0 Å². The van der Waals surface area contributed by atoms with Crippen LogP contribution in [0.1, 0.15) is 19.4 Å². The first-order valence-corrected chi connectivity index (χ1v) is 4.70. The van der Waals surface area contributed by atoms with Crippen LogP contribution in [-0.4, -0.2) is 5.97 Å². The zero-order valence-corrected chi connectivity index (χ0v) is 8.99. The summed E-state index contributed by atoms with van der Waals surface area (Å²) in [5, 5.41) is 0. The standard InChI is InChI=1S/C13H14O2/c1-10(9-11(2)15-12(3)14)13-7-5-4-6-8-13/h4-9H,2H2,1,3H3/b10-9+. The first kappa shape index (κ1) is 11.2. The Labute approximate surface area is 89.9 Å². The second-order valence-electron chi connectivity index (χ2n) is 3.25. The maximum absolute atomic E-state index is 10.7. The third-order valence-electron chi connectivity index (χ3n) is 1.88. The Morgan fingerprint density at radius 2 is 1.87 bits per heavy atom. The van der Waals surface area contributed by atoms with Crippen LogP contribution in [0.4, 0.5) is 0 Å². The minimum atomic E-state index is -0.350. The van der Waals surface area contributed by atoms with Gasteiger partial charge in [0.25, 0.3) is 0 Å². The van der Waals surface area contributed by atoms with E-state index in [1.165, 1.54) is 6.92 Å². The topological polar surface area (TPSA) is 26.3 Å². The first-order chi connectivity index (χ1) is 7.09. The summed E-state index contributed by atoms with van der Waals surface area (Å²) in [6, 6.07) is 9.86. The molecule has 1 rings (SSSR count). The molecule has 0 N–H and O–H groups in total. The van der Waals surface area contributed by atoms with Crippen LogP contribution >= 0.6 is 0 Å². The highest BCUT2D eigenvalue weighted by molar-refractivity contribution is 5.70. The van der Waals surface area contributed by atoms with Gasteiger partial charge in [0, 0.05) is 6.92 Å². The number of hydrogen-bond acceptors (Lipinski definition) is 2. The zero-order valence-electron chi connectivity index (χ0n) is 8.99. The molecule has 0 saturated heterocycles. The van der Waals surface area contributed by atoms with E-state index in [9.17, 15) is 4.79 Å². The van der Waals surface area contributed by atoms with E-state index in [1.807, 2.05) is 37.3 Å². The molecule has 2 nitrogen and oxygen atoms in total. The number of allylic oxidation sites excluding steroid dienone is 2. The van der Waals surface area contributed by atoms with Crippen LogP contribution in [0.3, 0.4) is 0 Å². The van der Waals surface area contributed by atoms with Crippen molar-refractivity contribution in [2.75, 3.05) is 0 Å². The molecule has 0 heterocycles. The van der Waals surface area contributed by atoms with Crippen LogP contribution in [-0.2, 0) is 9.53 Å². The van der Waals surface area contributed by atoms with Crippen molar-refractivity contribution < 1.29 is 9.53 Å². The molecule has 0 saturated carbocycles. The van der Waals surface area contributed by atoms with Gasteiger partial charge in [-0.3, -0.25) is 4.79 Å². The highest BCUT2D eigenvalue weighted by atomic mass is 16.5. The molecule has 1 aromatic rings. The van der Waals surface area contributed by atoms with E-state index < -0.39 is 0 Å². The minimum absolute atomic E-state index is 0.350. The molecule has 1 aromatic carbocycles. The van der Waals surface area contributed by atoms with Crippen LogP contribution in [0.5, 0.6) is 0 Å². The summed E-state index contributed by atoms with van der Waals surface area (Å²) in [7, 11) is 0. The van der Waals surface area contributed by atoms with E-state index in [2.05, 4.69) is 6.58 Å². The second-order valence-corrected chi connectivity index (χ2v) is 3.25. The van der Waals surface area contributed by atoms with Gasteiger partial charge in [-0.1, -0.05) is 36.9 Å². The van der Waals surface area contributed by atoms with Crippen molar-refractivity contribution in [3.8, 4) is 0 Å². The quantitative estimate of drug-likeness (QED) is 0.427. The number of benzene rings is 1. The van der Waals surface area contributed by atoms with E-state index in [1.54, 1.807) is 6.08 Å². The van der Waals surface area contributed by atoms with Crippen LogP contribution in [0.2, 0.25) is 0 Å². The molecule has 0 spiro atoms. The lowest BCUT2D eigenvalue weighted by Crippen LogP contribution is -1.95. The number of hydrogen-bond donors (Lipinski definition) is 0. The van der Waals surface area contributed by atoms with Crippen molar-refractivity contribution in [1.29, 1.82) is 0 Å². The second kappa shape index (κ2) is 5.15. The Bertz CT molecular complexity index is 388. The van der Waals surface area contributed by atoms with E-state index in [0.717, 1.165) is 11.1 Å². The molecule has 0 aliphatic rings. The predicted molar refractivity (Wildman–Crippen MR) is 61.0 cm³/mol. The fourth-order valence-corrected chi connectivity index (χ4v) is 1.24. The minimum Gasteiger partial charge on any atom is -0.427 e. The summed E-state index contributed by atoms with van der Waals surface area (Å²) < 4.78 is 4.83. The smallest absolute Gasteiger partial charge is 0.308 e. The number of carbonyl (C=O) groups is 1. The molecule has 0 bridgehead atoms. The van der Waals surface area contributed by atoms with Gasteiger partial charge in [-0.05, 0) is 24.1 Å². The Hall–Kier alpha value is -1.83. The summed E-state index contributed by atoms with van der Waals surface area (Å²) in [5.41, 5.74) is 2.10. The number of rotatable bonds is 3. The molecule has 78 valence electrons. The van der Waals surface area contributed by atoms with E-state index in [4.69, 9.17) is 4.74 Å². The van der Waals surface area contributed by atoms with Gasteiger partial charge in [0.15, 0.2) is 0 Å². The zero-order chi connectivity index (χ0) is 11.3. The van der Waals surface area contributed by atoms with Gasteiger partial charge in [0.1, 0.15) is 5.76 Å². The van der Waals surface area contributed by atoms with E-state index >= 15 is 0 Å². The lowest BCUT2D eigenvalue weighted by molar-refractivity contribution is -0.136. The maximum Gasteiger partial charge on any atom is 0.308 e. The molecule has 0 aliphatic carbocycles. The Balaban J connectivity index is 2.76. The molecule has 0 aromatic heterocycles. The summed E-state index contributed by atoms with van der Waals surface area (Å²) in [5.74, 6) is 0.0148. The van der Waals surface area contributed by atoms with Gasteiger partial charge in [-0.15, -0.1) is 0 Å². The van der Waals surface area contributed by atoms with Gasteiger partial charge in [-0.25, -0.2) is 0 Å². The number of carbonyl (C=O) groups excluding carboxylic acids is 1. The van der Waals surface area contributed by atoms with Crippen molar-refractivity contribution in [3.63, 3.8) is 0 Å². The largest absolute Gasteiger partial charge is 0.427 e. The van der Waals surface area contributed by atoms with Gasteiger partial charge < -0.3 is 4.74 Å². The normalized spacial score (nSPS) is 10.9. The van der Waals surface area contributed by atoms with Crippen molar-refractivity contribution in [2.24, 2.45) is 0 Å². The summed E-state index contributed by atoms with van der Waals surface area (Å²) in [6.07, 6.45) is 1.75. The van der Waals surface area contributed by atoms with Gasteiger partial charge in [-0.2, -0.15) is 0 Å². The Morgan fingerprint density at radius 3 is 2.40 bits per heavy atom. The SMILES string of the molecule is C=C(/C=C(\C)c1ccccc1)OC(C)=O. The van der Waals surface area contributed by atoms with Crippen molar-refractivity contribution in [3.05, 3.63) is 54.3 Å². The van der Waals surface area contributed by atoms with Gasteiger partial charge >= 0.3 is 5.97 Å². The average molecular weight is 202 g/mol. The van der Waals surface area contributed by atoms with Crippen LogP contribution in [0.15, 0.2) is 48.7 Å². The van der Waals surface area contributed by atoms with Crippen molar-refractivity contribution in [2.45, 2.75) is 13.8 Å². The third kappa shape index (κ3) is 3.81. The molecular weight excluding hydrogens is 188 g/mol. The number of ether oxygens (including phenoxy) is 1. The summed E-state index contributed by atoms with van der Waals surface area (Å²) in [4.78, 5) is 10.7. The molecule has 0 amide bonds. The summed E-state index contributed by atoms with van der Waals surface area (Å²) >= 11 is 0. The van der Waals surface area contributed by atoms with Crippen LogP contribution < -0.4 is 0 Å². The fourth-order valence-electron chi connectivity index (χ4n) is 1.24. The molecular formula is C13H14O2. The maximum atomic E-state index is 10.7. The van der Waals surface area contributed by atoms with Crippen LogP contribution in [0.25, 0.3) is 5.57 Å². The molecule has 0 radical (unpaired) electrons. The predicted octanol–water partition coefficient (Wildman–Crippen LogP) is 3.17. The number of esters is 1. The highest BCUT2D eigenvalue weighted by Crippen LogP contribution is 2.15. The fraction of sp³-hybridized carbons (Fsp3) is 0.154. The third-order valence-corrected chi connectivity index (χ3v) is 1.88. The molecule has 0 fully saturated rings. The molecule has 15 heavy (non-hydrogen) atoms. The van der Waals surface area contributed by atoms with Crippen LogP contribution in [0, 0.1) is 0 Å². The molecule has 0 aliphatic heterocycles. The summed E-state index contributed by atoms with van der Waals surface area (Å²) in [6.45, 7) is 6.95. The van der Waals surface area contributed by atoms with Gasteiger partial charge in [0.05, 0.1) is 0 Å². The van der Waals surface area contributed by atoms with E-state index in [0.29, 0.717) is 5.76 Å². The van der Waals surface area contributed by atoms with Crippen molar-refractivity contribution in [1.82, 2.24) is 0 Å². The molecule has 0 atom stereocenters. The average Bonchev–Trinajstić information content (AvgIpc) is 2.17. The monoisotopic (exact) mass is 202 g/mol.